The first-order valence-corrected chi connectivity index (χ1v) is 8.39. The Labute approximate surface area is 146 Å². The van der Waals surface area contributed by atoms with E-state index in [0.717, 1.165) is 32.4 Å². The van der Waals surface area contributed by atoms with E-state index in [4.69, 9.17) is 4.74 Å². The fourth-order valence-electron chi connectivity index (χ4n) is 2.81. The van der Waals surface area contributed by atoms with Crippen LogP contribution in [-0.4, -0.2) is 41.9 Å². The molecule has 1 fully saturated rings. The Bertz CT molecular complexity index is 753. The van der Waals surface area contributed by atoms with E-state index in [1.165, 1.54) is 0 Å². The van der Waals surface area contributed by atoms with Crippen molar-refractivity contribution in [1.29, 1.82) is 0 Å². The van der Waals surface area contributed by atoms with Crippen LogP contribution in [0.1, 0.15) is 40.2 Å². The van der Waals surface area contributed by atoms with Gasteiger partial charge in [0, 0.05) is 18.8 Å². The Morgan fingerprint density at radius 1 is 1.00 bits per heavy atom. The van der Waals surface area contributed by atoms with Gasteiger partial charge in [0.05, 0.1) is 7.11 Å². The van der Waals surface area contributed by atoms with Crippen LogP contribution in [-0.2, 0) is 0 Å². The second kappa shape index (κ2) is 7.79. The van der Waals surface area contributed by atoms with Crippen molar-refractivity contribution in [3.05, 3.63) is 53.9 Å². The van der Waals surface area contributed by atoms with E-state index in [9.17, 15) is 9.59 Å². The van der Waals surface area contributed by atoms with E-state index in [1.807, 2.05) is 0 Å². The van der Waals surface area contributed by atoms with E-state index in [1.54, 1.807) is 54.5 Å². The number of likely N-dealkylation sites (tertiary alicyclic amines) is 1. The third kappa shape index (κ3) is 4.15. The molecule has 2 aromatic rings. The lowest BCUT2D eigenvalue weighted by molar-refractivity contribution is 0.0718. The van der Waals surface area contributed by atoms with Crippen molar-refractivity contribution in [1.82, 2.24) is 9.88 Å². The Kier molecular flexibility index (Phi) is 5.28. The van der Waals surface area contributed by atoms with Crippen LogP contribution in [0, 0.1) is 0 Å². The summed E-state index contributed by atoms with van der Waals surface area (Å²) in [5.74, 6) is 0.252. The van der Waals surface area contributed by atoms with Gasteiger partial charge in [-0.15, -0.1) is 0 Å². The topological polar surface area (TPSA) is 71.5 Å². The van der Waals surface area contributed by atoms with Gasteiger partial charge in [0.15, 0.2) is 0 Å². The molecule has 0 atom stereocenters. The number of methoxy groups -OCH3 is 1. The van der Waals surface area contributed by atoms with Gasteiger partial charge >= 0.3 is 0 Å². The van der Waals surface area contributed by atoms with Gasteiger partial charge in [0.2, 0.25) is 0 Å². The molecular weight excluding hydrogens is 318 g/mol. The van der Waals surface area contributed by atoms with Gasteiger partial charge in [-0.1, -0.05) is 6.07 Å². The highest BCUT2D eigenvalue weighted by atomic mass is 16.5. The number of rotatable bonds is 4. The summed E-state index contributed by atoms with van der Waals surface area (Å²) in [7, 11) is 1.59. The van der Waals surface area contributed by atoms with Crippen molar-refractivity contribution >= 4 is 17.5 Å². The molecule has 1 N–H and O–H groups in total. The number of pyridine rings is 1. The smallest absolute Gasteiger partial charge is 0.274 e. The largest absolute Gasteiger partial charge is 0.497 e. The zero-order valence-corrected chi connectivity index (χ0v) is 14.2. The lowest BCUT2D eigenvalue weighted by atomic mass is 10.1. The maximum Gasteiger partial charge on any atom is 0.274 e. The average molecular weight is 339 g/mol. The van der Waals surface area contributed by atoms with Crippen molar-refractivity contribution in [2.45, 2.75) is 19.3 Å². The molecule has 2 amide bonds. The van der Waals surface area contributed by atoms with Crippen LogP contribution in [0.25, 0.3) is 0 Å². The second-order valence-corrected chi connectivity index (χ2v) is 5.94. The average Bonchev–Trinajstić information content (AvgIpc) is 2.68. The third-order valence-corrected chi connectivity index (χ3v) is 4.19. The van der Waals surface area contributed by atoms with E-state index in [2.05, 4.69) is 10.3 Å². The molecule has 1 aliphatic heterocycles. The summed E-state index contributed by atoms with van der Waals surface area (Å²) in [6.45, 7) is 1.51. The number of ether oxygens (including phenoxy) is 1. The van der Waals surface area contributed by atoms with E-state index < -0.39 is 0 Å². The van der Waals surface area contributed by atoms with E-state index >= 15 is 0 Å². The molecule has 1 aliphatic rings. The summed E-state index contributed by atoms with van der Waals surface area (Å²) in [5, 5.41) is 2.77. The Morgan fingerprint density at radius 2 is 1.68 bits per heavy atom. The van der Waals surface area contributed by atoms with Crippen molar-refractivity contribution in [2.75, 3.05) is 25.5 Å². The fraction of sp³-hybridized carbons (Fsp3) is 0.316. The molecule has 0 spiro atoms. The molecule has 3 rings (SSSR count). The third-order valence-electron chi connectivity index (χ3n) is 4.19. The maximum absolute atomic E-state index is 12.5. The Morgan fingerprint density at radius 3 is 2.36 bits per heavy atom. The summed E-state index contributed by atoms with van der Waals surface area (Å²) < 4.78 is 5.09. The lowest BCUT2D eigenvalue weighted by Gasteiger charge is -2.26. The zero-order valence-electron chi connectivity index (χ0n) is 14.2. The number of nitrogens with zero attached hydrogens (tertiary/aromatic N) is 2. The minimum atomic E-state index is -0.349. The van der Waals surface area contributed by atoms with Gasteiger partial charge in [0.25, 0.3) is 11.8 Å². The SMILES string of the molecule is COc1ccc(NC(=O)c2cccc(C(=O)N3CCCCC3)n2)cc1. The molecule has 0 bridgehead atoms. The highest BCUT2D eigenvalue weighted by Gasteiger charge is 2.20. The van der Waals surface area contributed by atoms with Gasteiger partial charge < -0.3 is 15.0 Å². The molecule has 0 aliphatic carbocycles. The summed E-state index contributed by atoms with van der Waals surface area (Å²) in [5.41, 5.74) is 1.17. The highest BCUT2D eigenvalue weighted by Crippen LogP contribution is 2.16. The fourth-order valence-corrected chi connectivity index (χ4v) is 2.81. The van der Waals surface area contributed by atoms with Gasteiger partial charge in [-0.2, -0.15) is 0 Å². The van der Waals surface area contributed by atoms with E-state index in [0.29, 0.717) is 17.1 Å². The molecule has 25 heavy (non-hydrogen) atoms. The number of benzene rings is 1. The van der Waals surface area contributed by atoms with Crippen LogP contribution in [0.15, 0.2) is 42.5 Å². The number of aromatic nitrogens is 1. The molecule has 0 radical (unpaired) electrons. The Balaban J connectivity index is 1.71. The number of piperidine rings is 1. The summed E-state index contributed by atoms with van der Waals surface area (Å²) in [4.78, 5) is 31.0. The summed E-state index contributed by atoms with van der Waals surface area (Å²) in [6.07, 6.45) is 3.19. The lowest BCUT2D eigenvalue weighted by Crippen LogP contribution is -2.36. The van der Waals surface area contributed by atoms with Crippen molar-refractivity contribution < 1.29 is 14.3 Å². The van der Waals surface area contributed by atoms with Crippen LogP contribution in [0.5, 0.6) is 5.75 Å². The maximum atomic E-state index is 12.5. The highest BCUT2D eigenvalue weighted by molar-refractivity contribution is 6.03. The van der Waals surface area contributed by atoms with Gasteiger partial charge in [-0.3, -0.25) is 9.59 Å². The molecule has 2 heterocycles. The number of carbonyl (C=O) groups excluding carboxylic acids is 2. The predicted octanol–water partition coefficient (Wildman–Crippen LogP) is 2.97. The van der Waals surface area contributed by atoms with Crippen LogP contribution in [0.3, 0.4) is 0 Å². The van der Waals surface area contributed by atoms with Gasteiger partial charge in [0.1, 0.15) is 17.1 Å². The number of amides is 2. The molecule has 1 saturated heterocycles. The summed E-state index contributed by atoms with van der Waals surface area (Å²) in [6, 6.07) is 12.0. The molecule has 6 heteroatoms. The van der Waals surface area contributed by atoms with Gasteiger partial charge in [-0.25, -0.2) is 4.98 Å². The van der Waals surface area contributed by atoms with Crippen molar-refractivity contribution in [3.8, 4) is 5.75 Å². The minimum absolute atomic E-state index is 0.112. The van der Waals surface area contributed by atoms with Gasteiger partial charge in [-0.05, 0) is 55.7 Å². The second-order valence-electron chi connectivity index (χ2n) is 5.94. The molecule has 1 aromatic carbocycles. The normalized spacial score (nSPS) is 14.0. The van der Waals surface area contributed by atoms with E-state index in [-0.39, 0.29) is 17.5 Å². The van der Waals surface area contributed by atoms with Crippen LogP contribution < -0.4 is 10.1 Å². The minimum Gasteiger partial charge on any atom is -0.497 e. The van der Waals surface area contributed by atoms with Crippen molar-refractivity contribution in [2.24, 2.45) is 0 Å². The van der Waals surface area contributed by atoms with Crippen LogP contribution in [0.4, 0.5) is 5.69 Å². The molecular formula is C19H21N3O3. The first-order chi connectivity index (χ1) is 12.2. The first-order valence-electron chi connectivity index (χ1n) is 8.39. The molecule has 1 aromatic heterocycles. The molecule has 130 valence electrons. The zero-order chi connectivity index (χ0) is 17.6. The van der Waals surface area contributed by atoms with Crippen LogP contribution >= 0.6 is 0 Å². The summed E-state index contributed by atoms with van der Waals surface area (Å²) >= 11 is 0. The number of anilines is 1. The molecule has 6 nitrogen and oxygen atoms in total. The standard InChI is InChI=1S/C19H21N3O3/c1-25-15-10-8-14(9-11-15)20-18(23)16-6-5-7-17(21-16)19(24)22-12-3-2-4-13-22/h5-11H,2-4,12-13H2,1H3,(H,20,23). The number of hydrogen-bond donors (Lipinski definition) is 1. The predicted molar refractivity (Wildman–Crippen MR) is 94.9 cm³/mol. The quantitative estimate of drug-likeness (QED) is 0.929. The van der Waals surface area contributed by atoms with Crippen LogP contribution in [0.2, 0.25) is 0 Å². The molecule has 0 unspecified atom stereocenters. The van der Waals surface area contributed by atoms with Crippen molar-refractivity contribution in [3.63, 3.8) is 0 Å². The molecule has 0 saturated carbocycles. The number of carbonyl (C=O) groups is 2. The first kappa shape index (κ1) is 17.0. The number of nitrogens with one attached hydrogen (secondary N) is 1. The number of hydrogen-bond acceptors (Lipinski definition) is 4. The Hall–Kier alpha value is -2.89. The monoisotopic (exact) mass is 339 g/mol.